The molecule has 1 aromatic carbocycles. The normalized spacial score (nSPS) is 27.2. The summed E-state index contributed by atoms with van der Waals surface area (Å²) in [5, 5.41) is 0. The van der Waals surface area contributed by atoms with E-state index in [4.69, 9.17) is 4.74 Å². The van der Waals surface area contributed by atoms with Crippen molar-refractivity contribution in [2.75, 3.05) is 20.2 Å². The summed E-state index contributed by atoms with van der Waals surface area (Å²) in [6.07, 6.45) is -2.74. The standard InChI is InChI=1S/C19H24F3NO2/c1-13(15-7-3-4-8-16(15)25-2)10-17(24)23-11-14-6-5-9-18(14,12-23)19(20,21)22/h3-4,7-8,13-14H,5-6,9-12H2,1-2H3/t13?,14-,18-/m0/s1. The van der Waals surface area contributed by atoms with Crippen molar-refractivity contribution in [2.24, 2.45) is 11.3 Å². The molecule has 2 aliphatic rings. The Morgan fingerprint density at radius 1 is 1.40 bits per heavy atom. The van der Waals surface area contributed by atoms with Crippen molar-refractivity contribution in [2.45, 2.75) is 44.7 Å². The molecule has 3 nitrogen and oxygen atoms in total. The van der Waals surface area contributed by atoms with Crippen LogP contribution in [0.3, 0.4) is 0 Å². The molecular formula is C19H24F3NO2. The van der Waals surface area contributed by atoms with E-state index in [1.54, 1.807) is 7.11 Å². The van der Waals surface area contributed by atoms with Gasteiger partial charge in [0.1, 0.15) is 5.75 Å². The van der Waals surface area contributed by atoms with Crippen molar-refractivity contribution in [1.82, 2.24) is 4.90 Å². The number of ether oxygens (including phenoxy) is 1. The molecule has 1 saturated heterocycles. The largest absolute Gasteiger partial charge is 0.496 e. The molecule has 0 N–H and O–H groups in total. The molecule has 0 bridgehead atoms. The van der Waals surface area contributed by atoms with Crippen LogP contribution in [0, 0.1) is 11.3 Å². The quantitative estimate of drug-likeness (QED) is 0.802. The van der Waals surface area contributed by atoms with Gasteiger partial charge in [-0.2, -0.15) is 13.2 Å². The van der Waals surface area contributed by atoms with Crippen molar-refractivity contribution in [3.8, 4) is 5.75 Å². The summed E-state index contributed by atoms with van der Waals surface area (Å²) in [4.78, 5) is 14.1. The van der Waals surface area contributed by atoms with Crippen molar-refractivity contribution in [1.29, 1.82) is 0 Å². The third-order valence-corrected chi connectivity index (χ3v) is 5.94. The highest BCUT2D eigenvalue weighted by molar-refractivity contribution is 5.77. The Kier molecular flexibility index (Phi) is 4.73. The maximum atomic E-state index is 13.6. The third-order valence-electron chi connectivity index (χ3n) is 5.94. The summed E-state index contributed by atoms with van der Waals surface area (Å²) < 4.78 is 46.2. The number of amides is 1. The number of alkyl halides is 3. The van der Waals surface area contributed by atoms with E-state index in [1.807, 2.05) is 31.2 Å². The fraction of sp³-hybridized carbons (Fsp3) is 0.632. The zero-order valence-electron chi connectivity index (χ0n) is 14.6. The molecule has 3 rings (SSSR count). The van der Waals surface area contributed by atoms with E-state index >= 15 is 0 Å². The van der Waals surface area contributed by atoms with Gasteiger partial charge in [-0.25, -0.2) is 0 Å². The Morgan fingerprint density at radius 3 is 2.76 bits per heavy atom. The molecule has 2 fully saturated rings. The minimum absolute atomic E-state index is 0.106. The molecule has 1 aliphatic carbocycles. The fourth-order valence-electron chi connectivity index (χ4n) is 4.52. The lowest BCUT2D eigenvalue weighted by molar-refractivity contribution is -0.226. The molecule has 0 radical (unpaired) electrons. The van der Waals surface area contributed by atoms with Gasteiger partial charge in [0.15, 0.2) is 0 Å². The van der Waals surface area contributed by atoms with Crippen LogP contribution in [0.2, 0.25) is 0 Å². The number of hydrogen-bond donors (Lipinski definition) is 0. The molecule has 25 heavy (non-hydrogen) atoms. The first-order valence-corrected chi connectivity index (χ1v) is 8.76. The van der Waals surface area contributed by atoms with Crippen LogP contribution in [0.1, 0.15) is 44.1 Å². The molecule has 1 aliphatic heterocycles. The Balaban J connectivity index is 1.71. The van der Waals surface area contributed by atoms with Gasteiger partial charge in [0, 0.05) is 19.5 Å². The van der Waals surface area contributed by atoms with Gasteiger partial charge in [-0.15, -0.1) is 0 Å². The Bertz CT molecular complexity index is 646. The number of methoxy groups -OCH3 is 1. The highest BCUT2D eigenvalue weighted by Gasteiger charge is 2.65. The van der Waals surface area contributed by atoms with Crippen molar-refractivity contribution < 1.29 is 22.7 Å². The average molecular weight is 355 g/mol. The van der Waals surface area contributed by atoms with E-state index in [-0.39, 0.29) is 37.8 Å². The van der Waals surface area contributed by atoms with Crippen LogP contribution in [0.5, 0.6) is 5.75 Å². The third kappa shape index (κ3) is 3.11. The molecule has 6 heteroatoms. The van der Waals surface area contributed by atoms with Gasteiger partial charge >= 0.3 is 6.18 Å². The van der Waals surface area contributed by atoms with Crippen LogP contribution in [-0.4, -0.2) is 37.2 Å². The highest BCUT2D eigenvalue weighted by atomic mass is 19.4. The van der Waals surface area contributed by atoms with Crippen LogP contribution in [0.4, 0.5) is 13.2 Å². The number of fused-ring (bicyclic) bond motifs is 1. The Morgan fingerprint density at radius 2 is 2.12 bits per heavy atom. The molecule has 1 unspecified atom stereocenters. The Labute approximate surface area is 146 Å². The second-order valence-corrected chi connectivity index (χ2v) is 7.36. The number of likely N-dealkylation sites (tertiary alicyclic amines) is 1. The molecule has 138 valence electrons. The zero-order valence-corrected chi connectivity index (χ0v) is 14.6. The first-order valence-electron chi connectivity index (χ1n) is 8.76. The number of halogens is 3. The minimum atomic E-state index is -4.24. The molecule has 1 aromatic rings. The lowest BCUT2D eigenvalue weighted by Gasteiger charge is -2.31. The second-order valence-electron chi connectivity index (χ2n) is 7.36. The first kappa shape index (κ1) is 18.1. The molecule has 3 atom stereocenters. The lowest BCUT2D eigenvalue weighted by Crippen LogP contribution is -2.42. The van der Waals surface area contributed by atoms with Crippen LogP contribution in [0.15, 0.2) is 24.3 Å². The number of para-hydroxylation sites is 1. The number of hydrogen-bond acceptors (Lipinski definition) is 2. The summed E-state index contributed by atoms with van der Waals surface area (Å²) >= 11 is 0. The van der Waals surface area contributed by atoms with Gasteiger partial charge in [0.05, 0.1) is 12.5 Å². The average Bonchev–Trinajstić information content (AvgIpc) is 3.12. The number of carbonyl (C=O) groups excluding carboxylic acids is 1. The van der Waals surface area contributed by atoms with Crippen molar-refractivity contribution in [3.05, 3.63) is 29.8 Å². The SMILES string of the molecule is COc1ccccc1C(C)CC(=O)N1C[C@@H]2CCC[C@]2(C(F)(F)F)C1. The van der Waals surface area contributed by atoms with E-state index in [2.05, 4.69) is 0 Å². The van der Waals surface area contributed by atoms with Crippen molar-refractivity contribution in [3.63, 3.8) is 0 Å². The maximum absolute atomic E-state index is 13.6. The molecular weight excluding hydrogens is 331 g/mol. The van der Waals surface area contributed by atoms with Crippen LogP contribution < -0.4 is 4.74 Å². The molecule has 0 aromatic heterocycles. The van der Waals surface area contributed by atoms with E-state index in [0.717, 1.165) is 5.56 Å². The number of nitrogens with zero attached hydrogens (tertiary/aromatic N) is 1. The van der Waals surface area contributed by atoms with E-state index in [9.17, 15) is 18.0 Å². The highest BCUT2D eigenvalue weighted by Crippen LogP contribution is 2.57. The van der Waals surface area contributed by atoms with Crippen LogP contribution in [-0.2, 0) is 4.79 Å². The molecule has 0 spiro atoms. The van der Waals surface area contributed by atoms with Crippen LogP contribution in [0.25, 0.3) is 0 Å². The number of carbonyl (C=O) groups is 1. The fourth-order valence-corrected chi connectivity index (χ4v) is 4.52. The molecule has 1 heterocycles. The number of rotatable bonds is 4. The Hall–Kier alpha value is -1.72. The van der Waals surface area contributed by atoms with Gasteiger partial charge in [0.2, 0.25) is 5.91 Å². The zero-order chi connectivity index (χ0) is 18.2. The predicted octanol–water partition coefficient (Wildman–Crippen LogP) is 4.38. The second kappa shape index (κ2) is 6.54. The first-order chi connectivity index (χ1) is 11.8. The van der Waals surface area contributed by atoms with Gasteiger partial charge in [-0.3, -0.25) is 4.79 Å². The van der Waals surface area contributed by atoms with Crippen molar-refractivity contribution >= 4 is 5.91 Å². The lowest BCUT2D eigenvalue weighted by atomic mass is 9.80. The van der Waals surface area contributed by atoms with Gasteiger partial charge < -0.3 is 9.64 Å². The summed E-state index contributed by atoms with van der Waals surface area (Å²) in [6.45, 7) is 1.96. The monoisotopic (exact) mass is 355 g/mol. The predicted molar refractivity (Wildman–Crippen MR) is 88.4 cm³/mol. The van der Waals surface area contributed by atoms with E-state index in [0.29, 0.717) is 18.6 Å². The summed E-state index contributed by atoms with van der Waals surface area (Å²) in [7, 11) is 1.57. The smallest absolute Gasteiger partial charge is 0.396 e. The number of benzene rings is 1. The minimum Gasteiger partial charge on any atom is -0.496 e. The molecule has 1 amide bonds. The van der Waals surface area contributed by atoms with E-state index < -0.39 is 17.5 Å². The van der Waals surface area contributed by atoms with Crippen LogP contribution >= 0.6 is 0 Å². The van der Waals surface area contributed by atoms with E-state index in [1.165, 1.54) is 4.90 Å². The molecule has 1 saturated carbocycles. The van der Waals surface area contributed by atoms with Gasteiger partial charge in [-0.1, -0.05) is 31.5 Å². The summed E-state index contributed by atoms with van der Waals surface area (Å²) in [5.74, 6) is -0.0479. The van der Waals surface area contributed by atoms with Gasteiger partial charge in [-0.05, 0) is 36.3 Å². The summed E-state index contributed by atoms with van der Waals surface area (Å²) in [5.41, 5.74) is -0.778. The topological polar surface area (TPSA) is 29.5 Å². The maximum Gasteiger partial charge on any atom is 0.396 e. The summed E-state index contributed by atoms with van der Waals surface area (Å²) in [6, 6.07) is 7.45. The van der Waals surface area contributed by atoms with Gasteiger partial charge in [0.25, 0.3) is 0 Å².